The molecule has 0 aliphatic rings. The van der Waals surface area contributed by atoms with Crippen LogP contribution in [-0.2, 0) is 20.2 Å². The fourth-order valence-electron chi connectivity index (χ4n) is 2.39. The van der Waals surface area contributed by atoms with Crippen LogP contribution in [0.1, 0.15) is 5.69 Å². The number of aryl methyl sites for hydroxylation is 1. The van der Waals surface area contributed by atoms with Crippen LogP contribution >= 0.6 is 0 Å². The van der Waals surface area contributed by atoms with Gasteiger partial charge in [-0.1, -0.05) is 0 Å². The maximum absolute atomic E-state index is 11.5. The predicted molar refractivity (Wildman–Crippen MR) is 110 cm³/mol. The van der Waals surface area contributed by atoms with Gasteiger partial charge in [-0.2, -0.15) is 16.8 Å². The number of aromatic amines is 1. The van der Waals surface area contributed by atoms with Crippen molar-refractivity contribution in [3.8, 4) is 11.4 Å². The first-order valence-electron chi connectivity index (χ1n) is 8.22. The molecule has 1 heterocycles. The summed E-state index contributed by atoms with van der Waals surface area (Å²) in [6, 6.07) is 8.04. The number of anilines is 1. The van der Waals surface area contributed by atoms with Crippen molar-refractivity contribution in [2.75, 3.05) is 5.73 Å². The van der Waals surface area contributed by atoms with Gasteiger partial charge >= 0.3 is 0 Å². The molecule has 2 aromatic carbocycles. The highest BCUT2D eigenvalue weighted by atomic mass is 32.2. The zero-order chi connectivity index (χ0) is 24.4. The molecule has 14 nitrogen and oxygen atoms in total. The summed E-state index contributed by atoms with van der Waals surface area (Å²) in [6.45, 7) is 1.74. The summed E-state index contributed by atoms with van der Waals surface area (Å²) in [4.78, 5) is 19.7. The van der Waals surface area contributed by atoms with E-state index in [9.17, 15) is 31.7 Å². The number of rotatable bonds is 4. The molecule has 3 rings (SSSR count). The van der Waals surface area contributed by atoms with E-state index in [2.05, 4.69) is 5.10 Å². The number of benzene rings is 2. The highest BCUT2D eigenvalue weighted by Crippen LogP contribution is 2.33. The number of nitro groups is 1. The van der Waals surface area contributed by atoms with Crippen molar-refractivity contribution in [1.82, 2.24) is 9.78 Å². The molecule has 0 radical (unpaired) electrons. The highest BCUT2D eigenvalue weighted by Gasteiger charge is 2.22. The maximum atomic E-state index is 11.5. The number of phenolic OH excluding ortho intramolecular Hbond substituents is 1. The van der Waals surface area contributed by atoms with Gasteiger partial charge in [0.25, 0.3) is 31.5 Å². The zero-order valence-electron chi connectivity index (χ0n) is 16.0. The molecule has 0 atom stereocenters. The van der Waals surface area contributed by atoms with Gasteiger partial charge in [0.15, 0.2) is 5.75 Å². The Balaban J connectivity index is 0.000000229. The average molecular weight is 488 g/mol. The summed E-state index contributed by atoms with van der Waals surface area (Å²) in [5.74, 6) is -0.914. The summed E-state index contributed by atoms with van der Waals surface area (Å²) in [5, 5.41) is 22.3. The third-order valence-corrected chi connectivity index (χ3v) is 5.55. The number of nitro benzene ring substituents is 1. The average Bonchev–Trinajstić information content (AvgIpc) is 3.00. The zero-order valence-corrected chi connectivity index (χ0v) is 17.7. The lowest BCUT2D eigenvalue weighted by Gasteiger charge is -2.03. The number of nitrogen functional groups attached to an aromatic ring is 1. The van der Waals surface area contributed by atoms with Gasteiger partial charge in [0.1, 0.15) is 4.90 Å². The fraction of sp³-hybridized carbons (Fsp3) is 0.0625. The lowest BCUT2D eigenvalue weighted by atomic mass is 10.2. The Hall–Kier alpha value is -3.73. The van der Waals surface area contributed by atoms with Crippen LogP contribution in [0.3, 0.4) is 0 Å². The van der Waals surface area contributed by atoms with E-state index < -0.39 is 47.2 Å². The summed E-state index contributed by atoms with van der Waals surface area (Å²) in [5.41, 5.74) is 4.95. The molecule has 0 amide bonds. The molecule has 0 aliphatic heterocycles. The van der Waals surface area contributed by atoms with Gasteiger partial charge in [0.2, 0.25) is 0 Å². The van der Waals surface area contributed by atoms with E-state index in [0.29, 0.717) is 17.4 Å². The Labute approximate surface area is 180 Å². The van der Waals surface area contributed by atoms with Gasteiger partial charge in [-0.25, -0.2) is 4.68 Å². The smallest absolute Gasteiger partial charge is 0.298 e. The van der Waals surface area contributed by atoms with Gasteiger partial charge in [-0.05, 0) is 31.2 Å². The maximum Gasteiger partial charge on any atom is 0.298 e. The number of aromatic nitrogens is 2. The van der Waals surface area contributed by atoms with Gasteiger partial charge in [0, 0.05) is 23.9 Å². The summed E-state index contributed by atoms with van der Waals surface area (Å²) in [7, 11) is -8.95. The van der Waals surface area contributed by atoms with E-state index in [4.69, 9.17) is 19.9 Å². The molecule has 6 N–H and O–H groups in total. The Morgan fingerprint density at radius 3 is 2.00 bits per heavy atom. The molecule has 0 spiro atoms. The van der Waals surface area contributed by atoms with E-state index >= 15 is 0 Å². The molecule has 0 unspecified atom stereocenters. The Morgan fingerprint density at radius 1 is 1.03 bits per heavy atom. The number of aromatic hydroxyl groups is 1. The lowest BCUT2D eigenvalue weighted by molar-refractivity contribution is -0.385. The number of phenols is 1. The largest absolute Gasteiger partial charge is 0.504 e. The molecule has 0 bridgehead atoms. The van der Waals surface area contributed by atoms with Crippen LogP contribution < -0.4 is 11.3 Å². The monoisotopic (exact) mass is 488 g/mol. The summed E-state index contributed by atoms with van der Waals surface area (Å²) in [6.07, 6.45) is 0. The van der Waals surface area contributed by atoms with Crippen molar-refractivity contribution < 1.29 is 36.0 Å². The third-order valence-electron chi connectivity index (χ3n) is 3.82. The molecule has 0 aliphatic carbocycles. The molecule has 32 heavy (non-hydrogen) atoms. The van der Waals surface area contributed by atoms with Crippen LogP contribution in [0.2, 0.25) is 0 Å². The molecule has 16 heteroatoms. The second-order valence-electron chi connectivity index (χ2n) is 6.20. The Kier molecular flexibility index (Phi) is 6.74. The standard InChI is InChI=1S/C10H10N2O4S.C6H6N2O6S/c1-7-6-10(13)12(11-7)8-2-4-9(5-3-8)17(14,15)16;7-4-1-3(8(10)11)2-5(6(4)9)15(12,13)14/h2-6,11H,1H3,(H,14,15,16);1-2,9H,7H2,(H,12,13,14). The third kappa shape index (κ3) is 5.70. The highest BCUT2D eigenvalue weighted by molar-refractivity contribution is 7.86. The van der Waals surface area contributed by atoms with Gasteiger partial charge in [0.05, 0.1) is 21.2 Å². The molecule has 0 saturated heterocycles. The van der Waals surface area contributed by atoms with Crippen molar-refractivity contribution in [2.24, 2.45) is 0 Å². The van der Waals surface area contributed by atoms with Crippen LogP contribution in [0, 0.1) is 17.0 Å². The molecular formula is C16H16N4O10S2. The molecule has 0 saturated carbocycles. The van der Waals surface area contributed by atoms with E-state index in [1.807, 2.05) is 0 Å². The number of nitrogens with two attached hydrogens (primary N) is 1. The van der Waals surface area contributed by atoms with Gasteiger partial charge < -0.3 is 10.8 Å². The molecule has 0 fully saturated rings. The first-order chi connectivity index (χ1) is 14.6. The number of non-ortho nitro benzene ring substituents is 1. The second-order valence-corrected chi connectivity index (χ2v) is 9.01. The van der Waals surface area contributed by atoms with E-state index in [1.165, 1.54) is 35.0 Å². The first-order valence-corrected chi connectivity index (χ1v) is 11.1. The SMILES string of the molecule is Cc1cc(=O)n(-c2ccc(S(=O)(=O)O)cc2)[nH]1.Nc1cc([N+](=O)[O-])cc(S(=O)(=O)O)c1O. The van der Waals surface area contributed by atoms with Gasteiger partial charge in [-0.3, -0.25) is 29.1 Å². The number of hydrogen-bond acceptors (Lipinski definition) is 9. The van der Waals surface area contributed by atoms with Crippen molar-refractivity contribution in [3.05, 3.63) is 68.6 Å². The summed E-state index contributed by atoms with van der Waals surface area (Å²) >= 11 is 0. The van der Waals surface area contributed by atoms with Crippen molar-refractivity contribution in [1.29, 1.82) is 0 Å². The second kappa shape index (κ2) is 8.79. The number of nitrogens with one attached hydrogen (secondary N) is 1. The van der Waals surface area contributed by atoms with Crippen LogP contribution in [-0.4, -0.2) is 45.8 Å². The Morgan fingerprint density at radius 2 is 1.59 bits per heavy atom. The quantitative estimate of drug-likeness (QED) is 0.113. The van der Waals surface area contributed by atoms with Crippen LogP contribution in [0.15, 0.2) is 57.1 Å². The lowest BCUT2D eigenvalue weighted by Crippen LogP contribution is -2.13. The normalized spacial score (nSPS) is 11.5. The minimum Gasteiger partial charge on any atom is -0.504 e. The molecule has 172 valence electrons. The molecule has 1 aromatic heterocycles. The van der Waals surface area contributed by atoms with Crippen LogP contribution in [0.5, 0.6) is 5.75 Å². The molecule has 3 aromatic rings. The van der Waals surface area contributed by atoms with Crippen molar-refractivity contribution >= 4 is 31.6 Å². The van der Waals surface area contributed by atoms with Gasteiger partial charge in [-0.15, -0.1) is 0 Å². The topological polar surface area (TPSA) is 236 Å². The Bertz CT molecular complexity index is 1440. The van der Waals surface area contributed by atoms with Crippen LogP contribution in [0.4, 0.5) is 11.4 Å². The number of H-pyrrole nitrogens is 1. The number of hydrogen-bond donors (Lipinski definition) is 5. The van der Waals surface area contributed by atoms with Crippen molar-refractivity contribution in [2.45, 2.75) is 16.7 Å². The fourth-order valence-corrected chi connectivity index (χ4v) is 3.50. The van der Waals surface area contributed by atoms with E-state index in [-0.39, 0.29) is 10.5 Å². The van der Waals surface area contributed by atoms with Crippen molar-refractivity contribution in [3.63, 3.8) is 0 Å². The summed E-state index contributed by atoms with van der Waals surface area (Å²) < 4.78 is 61.8. The van der Waals surface area contributed by atoms with E-state index in [1.54, 1.807) is 6.92 Å². The van der Waals surface area contributed by atoms with E-state index in [0.717, 1.165) is 6.07 Å². The predicted octanol–water partition coefficient (Wildman–Crippen LogP) is 0.850. The minimum absolute atomic E-state index is 0.211. The minimum atomic E-state index is -4.75. The van der Waals surface area contributed by atoms with Crippen LogP contribution in [0.25, 0.3) is 5.69 Å². The number of nitrogens with zero attached hydrogens (tertiary/aromatic N) is 2. The first kappa shape index (κ1) is 24.5. The molecular weight excluding hydrogens is 472 g/mol.